The van der Waals surface area contributed by atoms with Crippen molar-refractivity contribution in [1.82, 2.24) is 0 Å². The Balaban J connectivity index is 1.80. The molecule has 0 aliphatic carbocycles. The average molecular weight is 454 g/mol. The second-order valence-electron chi connectivity index (χ2n) is 8.74. The first kappa shape index (κ1) is 23.0. The van der Waals surface area contributed by atoms with Crippen LogP contribution < -0.4 is 15.5 Å². The summed E-state index contributed by atoms with van der Waals surface area (Å²) in [6.07, 6.45) is 0. The summed E-state index contributed by atoms with van der Waals surface area (Å²) in [5.74, 6) is -1.01. The summed E-state index contributed by atoms with van der Waals surface area (Å²) in [6, 6.07) is 18.4. The minimum absolute atomic E-state index is 0.195. The van der Waals surface area contributed by atoms with Gasteiger partial charge in [-0.25, -0.2) is 4.90 Å². The standard InChI is InChI=1S/C28H27N3O3/c1-16-6-11-24(19(4)13-16)25-26(30-22-14-17(2)12-18(3)15-22)28(34)31(27(25)33)23-9-7-21(8-10-23)29-20(5)32/h6-15,30H,1-5H3,(H,29,32). The van der Waals surface area contributed by atoms with Gasteiger partial charge in [-0.2, -0.15) is 0 Å². The van der Waals surface area contributed by atoms with E-state index < -0.39 is 11.8 Å². The van der Waals surface area contributed by atoms with E-state index >= 15 is 0 Å². The number of anilines is 3. The monoisotopic (exact) mass is 453 g/mol. The van der Waals surface area contributed by atoms with Crippen LogP contribution in [0, 0.1) is 27.7 Å². The molecule has 0 spiro atoms. The van der Waals surface area contributed by atoms with E-state index in [2.05, 4.69) is 16.7 Å². The maximum atomic E-state index is 13.7. The van der Waals surface area contributed by atoms with Crippen LogP contribution in [0.2, 0.25) is 0 Å². The van der Waals surface area contributed by atoms with E-state index in [1.165, 1.54) is 11.8 Å². The molecular weight excluding hydrogens is 426 g/mol. The van der Waals surface area contributed by atoms with Crippen molar-refractivity contribution >= 4 is 40.4 Å². The SMILES string of the molecule is CC(=O)Nc1ccc(N2C(=O)C(Nc3cc(C)cc(C)c3)=C(c3ccc(C)cc3C)C2=O)cc1. The van der Waals surface area contributed by atoms with Crippen molar-refractivity contribution < 1.29 is 14.4 Å². The van der Waals surface area contributed by atoms with Gasteiger partial charge in [0, 0.05) is 18.3 Å². The molecule has 0 unspecified atom stereocenters. The predicted molar refractivity (Wildman–Crippen MR) is 136 cm³/mol. The van der Waals surface area contributed by atoms with Gasteiger partial charge in [-0.1, -0.05) is 29.8 Å². The molecule has 0 fully saturated rings. The van der Waals surface area contributed by atoms with E-state index in [0.29, 0.717) is 22.5 Å². The van der Waals surface area contributed by atoms with Crippen LogP contribution in [0.4, 0.5) is 17.1 Å². The molecule has 3 aromatic carbocycles. The average Bonchev–Trinajstić information content (AvgIpc) is 2.97. The summed E-state index contributed by atoms with van der Waals surface area (Å²) in [6.45, 7) is 9.33. The van der Waals surface area contributed by atoms with Gasteiger partial charge in [-0.05, 0) is 86.3 Å². The van der Waals surface area contributed by atoms with Crippen LogP contribution in [0.15, 0.2) is 66.4 Å². The van der Waals surface area contributed by atoms with Crippen LogP contribution in [0.1, 0.15) is 34.7 Å². The zero-order valence-corrected chi connectivity index (χ0v) is 19.9. The number of nitrogens with zero attached hydrogens (tertiary/aromatic N) is 1. The molecule has 1 aliphatic rings. The maximum absolute atomic E-state index is 13.7. The molecule has 6 heteroatoms. The summed E-state index contributed by atoms with van der Waals surface area (Å²) in [4.78, 5) is 39.8. The van der Waals surface area contributed by atoms with Crippen molar-refractivity contribution in [1.29, 1.82) is 0 Å². The Hall–Kier alpha value is -4.19. The zero-order chi connectivity index (χ0) is 24.6. The molecule has 0 saturated heterocycles. The molecule has 2 N–H and O–H groups in total. The third-order valence-electron chi connectivity index (χ3n) is 5.67. The second kappa shape index (κ2) is 8.98. The number of benzene rings is 3. The van der Waals surface area contributed by atoms with Crippen molar-refractivity contribution in [2.45, 2.75) is 34.6 Å². The van der Waals surface area contributed by atoms with Crippen LogP contribution in [0.5, 0.6) is 0 Å². The number of hydrogen-bond donors (Lipinski definition) is 2. The molecule has 0 atom stereocenters. The fourth-order valence-corrected chi connectivity index (χ4v) is 4.31. The number of nitrogens with one attached hydrogen (secondary N) is 2. The highest BCUT2D eigenvalue weighted by atomic mass is 16.2. The predicted octanol–water partition coefficient (Wildman–Crippen LogP) is 5.28. The number of carbonyl (C=O) groups is 3. The van der Waals surface area contributed by atoms with Gasteiger partial charge in [0.25, 0.3) is 11.8 Å². The number of carbonyl (C=O) groups excluding carboxylic acids is 3. The van der Waals surface area contributed by atoms with Crippen LogP contribution in [0.25, 0.3) is 5.57 Å². The van der Waals surface area contributed by atoms with Crippen molar-refractivity contribution in [3.8, 4) is 0 Å². The number of imide groups is 1. The molecule has 3 amide bonds. The molecule has 4 rings (SSSR count). The fraction of sp³-hybridized carbons (Fsp3) is 0.179. The quantitative estimate of drug-likeness (QED) is 0.516. The lowest BCUT2D eigenvalue weighted by Gasteiger charge is -2.16. The summed E-state index contributed by atoms with van der Waals surface area (Å²) in [5, 5.41) is 5.94. The van der Waals surface area contributed by atoms with Crippen molar-refractivity contribution in [2.75, 3.05) is 15.5 Å². The van der Waals surface area contributed by atoms with E-state index in [4.69, 9.17) is 0 Å². The maximum Gasteiger partial charge on any atom is 0.282 e. The van der Waals surface area contributed by atoms with Gasteiger partial charge in [-0.3, -0.25) is 14.4 Å². The normalized spacial score (nSPS) is 13.5. The molecule has 172 valence electrons. The smallest absolute Gasteiger partial charge is 0.282 e. The Bertz CT molecular complexity index is 1330. The van der Waals surface area contributed by atoms with Gasteiger partial charge in [-0.15, -0.1) is 0 Å². The number of hydrogen-bond acceptors (Lipinski definition) is 4. The van der Waals surface area contributed by atoms with Crippen molar-refractivity contribution in [2.24, 2.45) is 0 Å². The van der Waals surface area contributed by atoms with Gasteiger partial charge in [0.2, 0.25) is 5.91 Å². The fourth-order valence-electron chi connectivity index (χ4n) is 4.31. The van der Waals surface area contributed by atoms with Gasteiger partial charge < -0.3 is 10.6 Å². The largest absolute Gasteiger partial charge is 0.350 e. The van der Waals surface area contributed by atoms with Gasteiger partial charge >= 0.3 is 0 Å². The highest BCUT2D eigenvalue weighted by molar-refractivity contribution is 6.46. The molecule has 3 aromatic rings. The summed E-state index contributed by atoms with van der Waals surface area (Å²) in [5.41, 5.74) is 7.17. The number of rotatable bonds is 5. The second-order valence-corrected chi connectivity index (χ2v) is 8.74. The van der Waals surface area contributed by atoms with Crippen LogP contribution >= 0.6 is 0 Å². The molecule has 6 nitrogen and oxygen atoms in total. The lowest BCUT2D eigenvalue weighted by Crippen LogP contribution is -2.32. The summed E-state index contributed by atoms with van der Waals surface area (Å²) in [7, 11) is 0. The molecule has 0 aromatic heterocycles. The third-order valence-corrected chi connectivity index (χ3v) is 5.67. The third kappa shape index (κ3) is 4.48. The van der Waals surface area contributed by atoms with Crippen LogP contribution in [-0.4, -0.2) is 17.7 Å². The Labute approximate surface area is 199 Å². The summed E-state index contributed by atoms with van der Waals surface area (Å²) >= 11 is 0. The van der Waals surface area contributed by atoms with Crippen molar-refractivity contribution in [3.05, 3.63) is 94.2 Å². The number of amides is 3. The van der Waals surface area contributed by atoms with E-state index in [1.807, 2.05) is 58.0 Å². The highest BCUT2D eigenvalue weighted by Crippen LogP contribution is 2.35. The molecule has 1 aliphatic heterocycles. The minimum Gasteiger partial charge on any atom is -0.350 e. The molecule has 0 radical (unpaired) electrons. The van der Waals surface area contributed by atoms with E-state index in [9.17, 15) is 14.4 Å². The Kier molecular flexibility index (Phi) is 6.07. The lowest BCUT2D eigenvalue weighted by atomic mass is 9.97. The zero-order valence-electron chi connectivity index (χ0n) is 19.9. The molecule has 34 heavy (non-hydrogen) atoms. The minimum atomic E-state index is -0.425. The topological polar surface area (TPSA) is 78.5 Å². The molecule has 0 bridgehead atoms. The van der Waals surface area contributed by atoms with E-state index in [-0.39, 0.29) is 11.6 Å². The first-order chi connectivity index (χ1) is 16.1. The summed E-state index contributed by atoms with van der Waals surface area (Å²) < 4.78 is 0. The van der Waals surface area contributed by atoms with E-state index in [0.717, 1.165) is 27.9 Å². The van der Waals surface area contributed by atoms with Gasteiger partial charge in [0.1, 0.15) is 5.70 Å². The Morgan fingerprint density at radius 1 is 0.735 bits per heavy atom. The number of aryl methyl sites for hydroxylation is 4. The first-order valence-electron chi connectivity index (χ1n) is 11.1. The first-order valence-corrected chi connectivity index (χ1v) is 11.1. The Morgan fingerprint density at radius 2 is 1.38 bits per heavy atom. The molecule has 0 saturated carbocycles. The molecule has 1 heterocycles. The molecular formula is C28H27N3O3. The van der Waals surface area contributed by atoms with Crippen molar-refractivity contribution in [3.63, 3.8) is 0 Å². The van der Waals surface area contributed by atoms with E-state index in [1.54, 1.807) is 24.3 Å². The van der Waals surface area contributed by atoms with Gasteiger partial charge in [0.15, 0.2) is 0 Å². The Morgan fingerprint density at radius 3 is 1.97 bits per heavy atom. The van der Waals surface area contributed by atoms with Crippen LogP contribution in [0.3, 0.4) is 0 Å². The van der Waals surface area contributed by atoms with Crippen LogP contribution in [-0.2, 0) is 14.4 Å². The highest BCUT2D eigenvalue weighted by Gasteiger charge is 2.40. The van der Waals surface area contributed by atoms with Gasteiger partial charge in [0.05, 0.1) is 11.3 Å². The lowest BCUT2D eigenvalue weighted by molar-refractivity contribution is -0.120.